The van der Waals surface area contributed by atoms with Gasteiger partial charge in [-0.15, -0.1) is 0 Å². The molecule has 1 heterocycles. The summed E-state index contributed by atoms with van der Waals surface area (Å²) in [5.74, 6) is 0. The van der Waals surface area contributed by atoms with E-state index in [1.165, 1.54) is 0 Å². The molecule has 11 heavy (non-hydrogen) atoms. The standard InChI is InChI=1S/C8H13BrN2/c1-3-7(2)11-5-4-8(6-9)10-11/h4-5,7H,3,6H2,1-2H3. The first-order chi connectivity index (χ1) is 5.27. The molecule has 0 aromatic carbocycles. The monoisotopic (exact) mass is 216 g/mol. The molecule has 0 radical (unpaired) electrons. The van der Waals surface area contributed by atoms with E-state index in [0.29, 0.717) is 6.04 Å². The first kappa shape index (κ1) is 8.78. The lowest BCUT2D eigenvalue weighted by atomic mass is 10.3. The minimum atomic E-state index is 0.516. The molecule has 1 unspecified atom stereocenters. The van der Waals surface area contributed by atoms with Crippen molar-refractivity contribution in [1.29, 1.82) is 0 Å². The molecule has 0 amide bonds. The van der Waals surface area contributed by atoms with E-state index in [0.717, 1.165) is 17.4 Å². The van der Waals surface area contributed by atoms with Gasteiger partial charge in [0.15, 0.2) is 0 Å². The quantitative estimate of drug-likeness (QED) is 0.712. The molecule has 0 N–H and O–H groups in total. The summed E-state index contributed by atoms with van der Waals surface area (Å²) in [6, 6.07) is 2.56. The molecule has 3 heteroatoms. The molecule has 0 fully saturated rings. The van der Waals surface area contributed by atoms with Gasteiger partial charge >= 0.3 is 0 Å². The highest BCUT2D eigenvalue weighted by atomic mass is 79.9. The van der Waals surface area contributed by atoms with Crippen LogP contribution in [0.5, 0.6) is 0 Å². The Kier molecular flexibility index (Phi) is 3.12. The Balaban J connectivity index is 2.71. The third-order valence-corrected chi connectivity index (χ3v) is 2.42. The summed E-state index contributed by atoms with van der Waals surface area (Å²) in [5.41, 5.74) is 1.10. The van der Waals surface area contributed by atoms with Crippen LogP contribution in [0.3, 0.4) is 0 Å². The predicted molar refractivity (Wildman–Crippen MR) is 49.9 cm³/mol. The zero-order chi connectivity index (χ0) is 8.27. The zero-order valence-corrected chi connectivity index (χ0v) is 8.50. The van der Waals surface area contributed by atoms with Gasteiger partial charge in [0.2, 0.25) is 0 Å². The fourth-order valence-electron chi connectivity index (χ4n) is 0.881. The first-order valence-corrected chi connectivity index (χ1v) is 5.00. The maximum Gasteiger partial charge on any atom is 0.0730 e. The number of hydrogen-bond acceptors (Lipinski definition) is 1. The molecule has 0 bridgehead atoms. The van der Waals surface area contributed by atoms with Crippen molar-refractivity contribution in [3.05, 3.63) is 18.0 Å². The fraction of sp³-hybridized carbons (Fsp3) is 0.625. The summed E-state index contributed by atoms with van der Waals surface area (Å²) < 4.78 is 2.01. The van der Waals surface area contributed by atoms with Crippen molar-refractivity contribution < 1.29 is 0 Å². The molecule has 1 aromatic heterocycles. The fourth-order valence-corrected chi connectivity index (χ4v) is 1.18. The second-order valence-electron chi connectivity index (χ2n) is 2.68. The van der Waals surface area contributed by atoms with Crippen LogP contribution in [0, 0.1) is 0 Å². The van der Waals surface area contributed by atoms with Crippen molar-refractivity contribution in [2.75, 3.05) is 0 Å². The summed E-state index contributed by atoms with van der Waals surface area (Å²) in [5, 5.41) is 5.21. The van der Waals surface area contributed by atoms with E-state index in [1.54, 1.807) is 0 Å². The number of halogens is 1. The molecule has 2 nitrogen and oxygen atoms in total. The largest absolute Gasteiger partial charge is 0.270 e. The third-order valence-electron chi connectivity index (χ3n) is 1.84. The Morgan fingerprint density at radius 1 is 1.73 bits per heavy atom. The normalized spacial score (nSPS) is 13.4. The highest BCUT2D eigenvalue weighted by Crippen LogP contribution is 2.10. The molecular formula is C8H13BrN2. The zero-order valence-electron chi connectivity index (χ0n) is 6.92. The minimum Gasteiger partial charge on any atom is -0.270 e. The smallest absolute Gasteiger partial charge is 0.0730 e. The van der Waals surface area contributed by atoms with Crippen LogP contribution in [0.1, 0.15) is 32.0 Å². The molecule has 0 aliphatic heterocycles. The SMILES string of the molecule is CCC(C)n1ccc(CBr)n1. The van der Waals surface area contributed by atoms with Crippen molar-refractivity contribution >= 4 is 15.9 Å². The number of hydrogen-bond donors (Lipinski definition) is 0. The maximum atomic E-state index is 4.37. The molecular weight excluding hydrogens is 204 g/mol. The second kappa shape index (κ2) is 3.90. The van der Waals surface area contributed by atoms with E-state index in [1.807, 2.05) is 16.9 Å². The van der Waals surface area contributed by atoms with Crippen molar-refractivity contribution in [2.24, 2.45) is 0 Å². The highest BCUT2D eigenvalue weighted by molar-refractivity contribution is 9.08. The average molecular weight is 217 g/mol. The Hall–Kier alpha value is -0.310. The van der Waals surface area contributed by atoms with E-state index >= 15 is 0 Å². The molecule has 0 saturated carbocycles. The van der Waals surface area contributed by atoms with Crippen LogP contribution in [-0.2, 0) is 5.33 Å². The molecule has 62 valence electrons. The van der Waals surface area contributed by atoms with Crippen molar-refractivity contribution in [1.82, 2.24) is 9.78 Å². The highest BCUT2D eigenvalue weighted by Gasteiger charge is 2.02. The molecule has 0 aliphatic rings. The molecule has 0 saturated heterocycles. The van der Waals surface area contributed by atoms with Crippen LogP contribution in [0.25, 0.3) is 0 Å². The van der Waals surface area contributed by atoms with Crippen molar-refractivity contribution in [3.63, 3.8) is 0 Å². The number of rotatable bonds is 3. The Labute approximate surface area is 75.7 Å². The number of alkyl halides is 1. The van der Waals surface area contributed by atoms with Gasteiger partial charge in [0, 0.05) is 17.6 Å². The van der Waals surface area contributed by atoms with Gasteiger partial charge in [0.05, 0.1) is 5.69 Å². The summed E-state index contributed by atoms with van der Waals surface area (Å²) >= 11 is 3.37. The summed E-state index contributed by atoms with van der Waals surface area (Å²) in [6.07, 6.45) is 3.16. The molecule has 1 aromatic rings. The van der Waals surface area contributed by atoms with Crippen LogP contribution in [0.4, 0.5) is 0 Å². The van der Waals surface area contributed by atoms with Gasteiger partial charge in [-0.25, -0.2) is 0 Å². The van der Waals surface area contributed by atoms with Gasteiger partial charge in [-0.3, -0.25) is 4.68 Å². The van der Waals surface area contributed by atoms with Crippen LogP contribution >= 0.6 is 15.9 Å². The average Bonchev–Trinajstić information content (AvgIpc) is 2.50. The number of aromatic nitrogens is 2. The van der Waals surface area contributed by atoms with Crippen LogP contribution in [0.2, 0.25) is 0 Å². The van der Waals surface area contributed by atoms with E-state index in [2.05, 4.69) is 34.9 Å². The summed E-state index contributed by atoms with van der Waals surface area (Å²) in [6.45, 7) is 4.34. The third kappa shape index (κ3) is 2.06. The first-order valence-electron chi connectivity index (χ1n) is 3.88. The van der Waals surface area contributed by atoms with Gasteiger partial charge in [0.1, 0.15) is 0 Å². The van der Waals surface area contributed by atoms with Gasteiger partial charge < -0.3 is 0 Å². The molecule has 0 spiro atoms. The van der Waals surface area contributed by atoms with Crippen LogP contribution in [-0.4, -0.2) is 9.78 Å². The van der Waals surface area contributed by atoms with Gasteiger partial charge in [-0.1, -0.05) is 22.9 Å². The topological polar surface area (TPSA) is 17.8 Å². The Bertz CT molecular complexity index is 220. The van der Waals surface area contributed by atoms with Crippen LogP contribution < -0.4 is 0 Å². The maximum absolute atomic E-state index is 4.37. The van der Waals surface area contributed by atoms with Gasteiger partial charge in [-0.2, -0.15) is 5.10 Å². The van der Waals surface area contributed by atoms with E-state index in [4.69, 9.17) is 0 Å². The summed E-state index contributed by atoms with van der Waals surface area (Å²) in [4.78, 5) is 0. The van der Waals surface area contributed by atoms with E-state index in [9.17, 15) is 0 Å². The van der Waals surface area contributed by atoms with E-state index < -0.39 is 0 Å². The van der Waals surface area contributed by atoms with E-state index in [-0.39, 0.29) is 0 Å². The van der Waals surface area contributed by atoms with Gasteiger partial charge in [0.25, 0.3) is 0 Å². The van der Waals surface area contributed by atoms with Crippen LogP contribution in [0.15, 0.2) is 12.3 Å². The van der Waals surface area contributed by atoms with Gasteiger partial charge in [-0.05, 0) is 19.4 Å². The Morgan fingerprint density at radius 2 is 2.45 bits per heavy atom. The summed E-state index contributed by atoms with van der Waals surface area (Å²) in [7, 11) is 0. The molecule has 1 atom stereocenters. The molecule has 0 aliphatic carbocycles. The number of nitrogens with zero attached hydrogens (tertiary/aromatic N) is 2. The lowest BCUT2D eigenvalue weighted by Crippen LogP contribution is -2.04. The predicted octanol–water partition coefficient (Wildman–Crippen LogP) is 2.75. The lowest BCUT2D eigenvalue weighted by Gasteiger charge is -2.07. The second-order valence-corrected chi connectivity index (χ2v) is 3.24. The minimum absolute atomic E-state index is 0.516. The Morgan fingerprint density at radius 3 is 2.91 bits per heavy atom. The van der Waals surface area contributed by atoms with Crippen molar-refractivity contribution in [2.45, 2.75) is 31.6 Å². The molecule has 1 rings (SSSR count). The lowest BCUT2D eigenvalue weighted by molar-refractivity contribution is 0.475. The van der Waals surface area contributed by atoms with Crippen molar-refractivity contribution in [3.8, 4) is 0 Å².